The number of carbonyl (C=O) groups excluding carboxylic acids is 1. The number of hydrogen-bond donors (Lipinski definition) is 0. The van der Waals surface area contributed by atoms with Crippen LogP contribution in [0.3, 0.4) is 0 Å². The van der Waals surface area contributed by atoms with Gasteiger partial charge in [0, 0.05) is 17.7 Å². The first kappa shape index (κ1) is 9.73. The fourth-order valence-corrected chi connectivity index (χ4v) is 1.01. The fourth-order valence-electron chi connectivity index (χ4n) is 0.788. The molecule has 0 saturated heterocycles. The highest BCUT2D eigenvalue weighted by Crippen LogP contribution is 2.03. The molecule has 0 aliphatic rings. The van der Waals surface area contributed by atoms with Crippen LogP contribution in [0.4, 0.5) is 0 Å². The van der Waals surface area contributed by atoms with Crippen LogP contribution in [0.15, 0.2) is 6.07 Å². The Kier molecular flexibility index (Phi) is 2.67. The van der Waals surface area contributed by atoms with Gasteiger partial charge in [-0.3, -0.25) is 0 Å². The number of carbonyl (C=O) groups is 1. The average Bonchev–Trinajstić information content (AvgIpc) is 2.12. The molecule has 0 aromatic carbocycles. The molecule has 1 heterocycles. The third kappa shape index (κ3) is 1.86. The van der Waals surface area contributed by atoms with Crippen molar-refractivity contribution in [2.45, 2.75) is 6.92 Å². The summed E-state index contributed by atoms with van der Waals surface area (Å²) in [7, 11) is 1.23. The van der Waals surface area contributed by atoms with Crippen molar-refractivity contribution in [2.24, 2.45) is 0 Å². The zero-order chi connectivity index (χ0) is 10.0. The predicted molar refractivity (Wildman–Crippen MR) is 44.3 cm³/mol. The Hall–Kier alpha value is -1.36. The van der Waals surface area contributed by atoms with E-state index in [1.54, 1.807) is 0 Å². The van der Waals surface area contributed by atoms with E-state index in [1.807, 2.05) is 0 Å². The topological polar surface area (TPSA) is 66.1 Å². The fraction of sp³-hybridized carbons (Fsp3) is 0.286. The van der Waals surface area contributed by atoms with Gasteiger partial charge in [0.1, 0.15) is 5.69 Å². The Balaban J connectivity index is 3.20. The first-order valence-corrected chi connectivity index (χ1v) is 3.79. The lowest BCUT2D eigenvalue weighted by atomic mass is 10.3. The molecule has 0 atom stereocenters. The molecule has 70 valence electrons. The Morgan fingerprint density at radius 2 is 2.38 bits per heavy atom. The molecule has 0 radical (unpaired) electrons. The molecule has 0 aliphatic heterocycles. The maximum Gasteiger partial charge on any atom is 0.400 e. The van der Waals surface area contributed by atoms with Crippen LogP contribution in [-0.4, -0.2) is 18.1 Å². The molecule has 1 rings (SSSR count). The van der Waals surface area contributed by atoms with Crippen molar-refractivity contribution in [3.8, 4) is 0 Å². The van der Waals surface area contributed by atoms with Crippen LogP contribution in [0.2, 0.25) is 5.28 Å². The van der Waals surface area contributed by atoms with Gasteiger partial charge in [-0.1, -0.05) is 0 Å². The van der Waals surface area contributed by atoms with Crippen molar-refractivity contribution >= 4 is 17.6 Å². The minimum Gasteiger partial charge on any atom is -0.710 e. The van der Waals surface area contributed by atoms with E-state index in [0.29, 0.717) is 10.4 Å². The third-order valence-electron chi connectivity index (χ3n) is 1.44. The molecule has 0 saturated carbocycles. The zero-order valence-electron chi connectivity index (χ0n) is 7.07. The van der Waals surface area contributed by atoms with E-state index < -0.39 is 5.97 Å². The number of aromatic nitrogens is 2. The van der Waals surface area contributed by atoms with Crippen molar-refractivity contribution < 1.29 is 14.3 Å². The molecular weight excluding hydrogens is 196 g/mol. The molecule has 0 aliphatic carbocycles. The normalized spacial score (nSPS) is 9.77. The molecule has 6 heteroatoms. The lowest BCUT2D eigenvalue weighted by Gasteiger charge is -2.05. The molecule has 0 bridgehead atoms. The minimum absolute atomic E-state index is 0.0251. The number of esters is 1. The number of rotatable bonds is 1. The molecule has 1 aromatic rings. The highest BCUT2D eigenvalue weighted by molar-refractivity contribution is 6.27. The maximum absolute atomic E-state index is 11.0. The van der Waals surface area contributed by atoms with Gasteiger partial charge in [0.2, 0.25) is 0 Å². The quantitative estimate of drug-likeness (QED) is 0.287. The second-order valence-corrected chi connectivity index (χ2v) is 2.68. The Morgan fingerprint density at radius 1 is 1.77 bits per heavy atom. The molecule has 1 aromatic heterocycles. The van der Waals surface area contributed by atoms with Crippen molar-refractivity contribution in [3.05, 3.63) is 27.9 Å². The lowest BCUT2D eigenvalue weighted by Crippen LogP contribution is -2.33. The van der Waals surface area contributed by atoms with Gasteiger partial charge in [-0.2, -0.15) is 0 Å². The summed E-state index contributed by atoms with van der Waals surface area (Å²) in [6.45, 7) is 1.52. The summed E-state index contributed by atoms with van der Waals surface area (Å²) in [4.78, 5) is 14.5. The number of halogens is 1. The maximum atomic E-state index is 11.0. The van der Waals surface area contributed by atoms with Crippen molar-refractivity contribution in [1.82, 2.24) is 4.98 Å². The monoisotopic (exact) mass is 202 g/mol. The lowest BCUT2D eigenvalue weighted by molar-refractivity contribution is -0.613. The van der Waals surface area contributed by atoms with E-state index in [-0.39, 0.29) is 11.0 Å². The van der Waals surface area contributed by atoms with Crippen molar-refractivity contribution in [1.29, 1.82) is 0 Å². The SMILES string of the molecule is COC(=O)c1cc(C)[n+]([O-])c(Cl)n1. The van der Waals surface area contributed by atoms with Crippen molar-refractivity contribution in [3.63, 3.8) is 0 Å². The van der Waals surface area contributed by atoms with Crippen LogP contribution >= 0.6 is 11.6 Å². The average molecular weight is 203 g/mol. The highest BCUT2D eigenvalue weighted by atomic mass is 35.5. The smallest absolute Gasteiger partial charge is 0.400 e. The molecular formula is C7H7ClN2O3. The van der Waals surface area contributed by atoms with Crippen molar-refractivity contribution in [2.75, 3.05) is 7.11 Å². The van der Waals surface area contributed by atoms with E-state index >= 15 is 0 Å². The Morgan fingerprint density at radius 3 is 2.85 bits per heavy atom. The summed E-state index contributed by atoms with van der Waals surface area (Å²) in [5, 5.41) is 10.7. The highest BCUT2D eigenvalue weighted by Gasteiger charge is 2.18. The van der Waals surface area contributed by atoms with Crippen LogP contribution in [0.1, 0.15) is 16.2 Å². The minimum atomic E-state index is -0.620. The number of hydrogen-bond acceptors (Lipinski definition) is 4. The molecule has 0 N–H and O–H groups in total. The summed E-state index contributed by atoms with van der Waals surface area (Å²) in [5.41, 5.74) is 0.317. The number of aryl methyl sites for hydroxylation is 1. The van der Waals surface area contributed by atoms with E-state index in [0.717, 1.165) is 0 Å². The second kappa shape index (κ2) is 3.57. The van der Waals surface area contributed by atoms with E-state index in [4.69, 9.17) is 11.6 Å². The first-order chi connectivity index (χ1) is 6.06. The van der Waals surface area contributed by atoms with Gasteiger partial charge in [0.15, 0.2) is 0 Å². The summed E-state index contributed by atoms with van der Waals surface area (Å²) in [6, 6.07) is 1.31. The van der Waals surface area contributed by atoms with Crippen LogP contribution in [0.25, 0.3) is 0 Å². The molecule has 0 fully saturated rings. The van der Waals surface area contributed by atoms with Crippen LogP contribution in [0, 0.1) is 12.1 Å². The van der Waals surface area contributed by atoms with Gasteiger partial charge in [-0.25, -0.2) is 9.52 Å². The Labute approximate surface area is 79.5 Å². The van der Waals surface area contributed by atoms with Gasteiger partial charge in [0.05, 0.1) is 7.11 Å². The molecule has 5 nitrogen and oxygen atoms in total. The van der Waals surface area contributed by atoms with Gasteiger partial charge < -0.3 is 9.94 Å². The second-order valence-electron chi connectivity index (χ2n) is 2.34. The summed E-state index contributed by atoms with van der Waals surface area (Å²) >= 11 is 5.45. The van der Waals surface area contributed by atoms with E-state index in [2.05, 4.69) is 9.72 Å². The van der Waals surface area contributed by atoms with Gasteiger partial charge in [-0.05, 0) is 11.9 Å². The van der Waals surface area contributed by atoms with E-state index in [9.17, 15) is 10.0 Å². The molecule has 0 spiro atoms. The number of methoxy groups -OCH3 is 1. The molecule has 0 amide bonds. The third-order valence-corrected chi connectivity index (χ3v) is 1.68. The number of nitrogens with zero attached hydrogens (tertiary/aromatic N) is 2. The van der Waals surface area contributed by atoms with Gasteiger partial charge >= 0.3 is 11.3 Å². The van der Waals surface area contributed by atoms with Crippen LogP contribution in [0.5, 0.6) is 0 Å². The van der Waals surface area contributed by atoms with E-state index in [1.165, 1.54) is 20.1 Å². The predicted octanol–water partition coefficient (Wildman–Crippen LogP) is 0.463. The standard InChI is InChI=1S/C7H7ClN2O3/c1-4-3-5(6(11)13-2)9-7(8)10(4)12/h3H,1-2H3. The summed E-state index contributed by atoms with van der Waals surface area (Å²) in [6.07, 6.45) is 0. The first-order valence-electron chi connectivity index (χ1n) is 3.41. The van der Waals surface area contributed by atoms with Gasteiger partial charge in [0.25, 0.3) is 5.69 Å². The van der Waals surface area contributed by atoms with Crippen LogP contribution < -0.4 is 4.73 Å². The number of ether oxygens (including phenoxy) is 1. The summed E-state index contributed by atoms with van der Waals surface area (Å²) < 4.78 is 4.84. The zero-order valence-corrected chi connectivity index (χ0v) is 7.83. The molecule has 0 unspecified atom stereocenters. The summed E-state index contributed by atoms with van der Waals surface area (Å²) in [5.74, 6) is -0.620. The Bertz CT molecular complexity index is 331. The molecule has 13 heavy (non-hydrogen) atoms. The van der Waals surface area contributed by atoms with Gasteiger partial charge in [-0.15, -0.1) is 0 Å². The largest absolute Gasteiger partial charge is 0.710 e. The van der Waals surface area contributed by atoms with Crippen LogP contribution in [-0.2, 0) is 4.74 Å².